The van der Waals surface area contributed by atoms with Gasteiger partial charge in [-0.3, -0.25) is 33.9 Å². The van der Waals surface area contributed by atoms with Gasteiger partial charge in [-0.15, -0.1) is 0 Å². The van der Waals surface area contributed by atoms with Crippen LogP contribution in [-0.4, -0.2) is 220 Å². The first-order valence-electron chi connectivity index (χ1n) is 42.0. The lowest BCUT2D eigenvalue weighted by molar-refractivity contribution is -0.302. The van der Waals surface area contributed by atoms with Crippen LogP contribution in [0.25, 0.3) is 34.0 Å². The number of pyridine rings is 2. The van der Waals surface area contributed by atoms with Crippen LogP contribution < -0.4 is 0 Å². The standard InChI is InChI=1S/C48H64N2O10.C48H62N2O10/c2*1-11-39-47(7,55)26-29(2)40(51)30(3)27-48(8,56-23-17-18-34-25-36-21-15-16-22-37(36)49-28-34)43(32(5)41(52)33(6)44(53)58-39)60-46-42(38(50(9)10)24-31(4)57-46)59-45(54)35-19-13-12-14-20-35/h12-22,25-26,28,30-33,38-39,41-43,46,52,55H,11,23-24,27H2,1-10H3;12-22,25-26,28,30-33,38-39,42-43,46,55H,11,23-24,27H2,1-10H3/b2*18-17+,29-26+/t30-,31-,32+,33-,38+,39-,41+,42-,43-,46+,47+,48-;30-,31-,32+,33-,38+,39-,42-,43-,46+,47+,48-/m11/s1. The Balaban J connectivity index is 0.000000273. The van der Waals surface area contributed by atoms with E-state index in [0.717, 1.165) is 32.9 Å². The second-order valence-corrected chi connectivity index (χ2v) is 34.5. The van der Waals surface area contributed by atoms with Gasteiger partial charge < -0.3 is 72.5 Å². The Hall–Kier alpha value is -8.89. The van der Waals surface area contributed by atoms with E-state index in [-0.39, 0.29) is 80.3 Å². The van der Waals surface area contributed by atoms with Crippen LogP contribution in [0.1, 0.15) is 181 Å². The monoisotopic (exact) mass is 1650 g/mol. The molecule has 6 aromatic rings. The number of ketones is 3. The highest BCUT2D eigenvalue weighted by molar-refractivity contribution is 6.00. The zero-order chi connectivity index (χ0) is 87.9. The molecule has 0 amide bonds. The Kier molecular flexibility index (Phi) is 33.1. The van der Waals surface area contributed by atoms with Crippen molar-refractivity contribution < 1.29 is 96.2 Å². The van der Waals surface area contributed by atoms with E-state index in [2.05, 4.69) is 9.97 Å². The molecule has 24 nitrogen and oxygen atoms in total. The van der Waals surface area contributed by atoms with Gasteiger partial charge >= 0.3 is 23.9 Å². The van der Waals surface area contributed by atoms with E-state index >= 15 is 0 Å². The number of nitrogens with zero attached hydrogens (tertiary/aromatic N) is 4. The number of esters is 4. The molecule has 4 aliphatic heterocycles. The van der Waals surface area contributed by atoms with E-state index in [9.17, 15) is 48.9 Å². The summed E-state index contributed by atoms with van der Waals surface area (Å²) >= 11 is 0. The Morgan fingerprint density at radius 2 is 0.917 bits per heavy atom. The number of carbonyl (C=O) groups is 7. The predicted octanol–water partition coefficient (Wildman–Crippen LogP) is 14.1. The molecule has 0 unspecified atom stereocenters. The van der Waals surface area contributed by atoms with Crippen molar-refractivity contribution in [3.8, 4) is 0 Å². The van der Waals surface area contributed by atoms with E-state index in [1.54, 1.807) is 130 Å². The number of aliphatic hydroxyl groups excluding tert-OH is 1. The summed E-state index contributed by atoms with van der Waals surface area (Å²) in [7, 11) is 7.58. The highest BCUT2D eigenvalue weighted by Crippen LogP contribution is 2.43. The highest BCUT2D eigenvalue weighted by atomic mass is 16.7. The fourth-order valence-electron chi connectivity index (χ4n) is 17.2. The number of aliphatic hydroxyl groups is 3. The van der Waals surface area contributed by atoms with Crippen LogP contribution >= 0.6 is 0 Å². The summed E-state index contributed by atoms with van der Waals surface area (Å²) in [4.78, 5) is 111. The van der Waals surface area contributed by atoms with E-state index in [0.29, 0.717) is 29.5 Å². The first-order valence-corrected chi connectivity index (χ1v) is 42.0. The Morgan fingerprint density at radius 1 is 0.533 bits per heavy atom. The summed E-state index contributed by atoms with van der Waals surface area (Å²) < 4.78 is 64.8. The molecule has 10 rings (SSSR count). The maximum absolute atomic E-state index is 14.6. The van der Waals surface area contributed by atoms with E-state index in [1.807, 2.05) is 156 Å². The quantitative estimate of drug-likeness (QED) is 0.0363. The number of cyclic esters (lactones) is 2. The number of Topliss-reactive ketones (excluding diaryl/α,β-unsaturated/α-hetero) is 3. The third kappa shape index (κ3) is 23.9. The van der Waals surface area contributed by atoms with Crippen molar-refractivity contribution in [3.05, 3.63) is 191 Å². The summed E-state index contributed by atoms with van der Waals surface area (Å²) in [6, 6.07) is 36.3. The average molecular weight is 1660 g/mol. The molecule has 0 aliphatic carbocycles. The van der Waals surface area contributed by atoms with Gasteiger partial charge in [0.1, 0.15) is 29.3 Å². The fraction of sp³-hybridized carbons (Fsp3) is 0.531. The number of carbonyl (C=O) groups excluding carboxylic acids is 7. The van der Waals surface area contributed by atoms with Crippen LogP contribution in [0.5, 0.6) is 0 Å². The van der Waals surface area contributed by atoms with Crippen molar-refractivity contribution in [1.29, 1.82) is 0 Å². The second kappa shape index (κ2) is 41.8. The van der Waals surface area contributed by atoms with E-state index in [4.69, 9.17) is 47.4 Å². The molecule has 120 heavy (non-hydrogen) atoms. The van der Waals surface area contributed by atoms with Crippen molar-refractivity contribution in [3.63, 3.8) is 0 Å². The SMILES string of the molecule is CC[C@H]1OC(=O)[C@H](C)C(=O)[C@H](C)[C@@H](O[C@@H]2O[C@H](C)C[C@H](N(C)C)[C@H]2OC(=O)c2ccccc2)[C@](C)(OC/C=C/c2cnc3ccccc3c2)C[C@@H](C)C(=O)/C(C)=C/[C@]1(C)O.CC[C@H]1OC(=O)[C@H](C)[C@@H](O)[C@H](C)[C@@H](O[C@@H]2O[C@H](C)C[C@H](N(C)C)[C@H]2OC(=O)c2ccccc2)[C@](C)(OC/C=C/c2cnc3ccccc3c2)C[C@@H](C)C(=O)/C(C)=C/[C@]1(C)O. The van der Waals surface area contributed by atoms with Crippen molar-refractivity contribution >= 4 is 75.2 Å². The smallest absolute Gasteiger partial charge is 0.338 e. The molecule has 0 radical (unpaired) electrons. The third-order valence-electron chi connectivity index (χ3n) is 23.9. The average Bonchev–Trinajstić information content (AvgIpc) is 0.777. The minimum Gasteiger partial charge on any atom is -0.459 e. The van der Waals surface area contributed by atoms with Gasteiger partial charge in [-0.05, 0) is 219 Å². The molecule has 0 bridgehead atoms. The molecule has 24 heteroatoms. The van der Waals surface area contributed by atoms with Crippen LogP contribution in [0.15, 0.2) is 169 Å². The van der Waals surface area contributed by atoms with Gasteiger partial charge in [0.25, 0.3) is 0 Å². The molecule has 23 atom stereocenters. The first-order chi connectivity index (χ1) is 56.7. The van der Waals surface area contributed by atoms with Gasteiger partial charge in [0.2, 0.25) is 0 Å². The number of para-hydroxylation sites is 2. The lowest BCUT2D eigenvalue weighted by Gasteiger charge is -2.48. The summed E-state index contributed by atoms with van der Waals surface area (Å²) in [6.07, 6.45) is 5.15. The van der Waals surface area contributed by atoms with Gasteiger partial charge in [-0.25, -0.2) is 9.59 Å². The van der Waals surface area contributed by atoms with Gasteiger partial charge in [0.05, 0.1) is 95.1 Å². The summed E-state index contributed by atoms with van der Waals surface area (Å²) in [5.74, 6) is -9.26. The molecule has 650 valence electrons. The van der Waals surface area contributed by atoms with Gasteiger partial charge in [0, 0.05) is 46.8 Å². The van der Waals surface area contributed by atoms with Gasteiger partial charge in [0.15, 0.2) is 42.1 Å². The minimum atomic E-state index is -1.69. The third-order valence-corrected chi connectivity index (χ3v) is 23.9. The Bertz CT molecular complexity index is 4620. The minimum absolute atomic E-state index is 0.0407. The zero-order valence-electron chi connectivity index (χ0n) is 73.4. The largest absolute Gasteiger partial charge is 0.459 e. The molecule has 0 saturated carbocycles. The lowest BCUT2D eigenvalue weighted by Crippen LogP contribution is -2.60. The molecule has 2 aromatic heterocycles. The molecule has 3 N–H and O–H groups in total. The maximum Gasteiger partial charge on any atom is 0.338 e. The zero-order valence-corrected chi connectivity index (χ0v) is 73.4. The van der Waals surface area contributed by atoms with Crippen LogP contribution in [-0.2, 0) is 71.3 Å². The van der Waals surface area contributed by atoms with Crippen LogP contribution in [0.4, 0.5) is 0 Å². The first kappa shape index (κ1) is 95.0. The van der Waals surface area contributed by atoms with E-state index in [1.165, 1.54) is 32.9 Å². The number of hydrogen-bond acceptors (Lipinski definition) is 24. The Labute approximate surface area is 707 Å². The number of benzene rings is 4. The number of ether oxygens (including phenoxy) is 10. The Morgan fingerprint density at radius 3 is 1.32 bits per heavy atom. The topological polar surface area (TPSA) is 305 Å². The molecule has 0 spiro atoms. The molecule has 4 aliphatic rings. The number of likely N-dealkylation sites (N-methyl/N-ethyl adjacent to an activating group) is 2. The van der Waals surface area contributed by atoms with Gasteiger partial charge in [-0.2, -0.15) is 0 Å². The molecule has 2 fully saturated rings. The molecule has 4 aromatic carbocycles. The van der Waals surface area contributed by atoms with Crippen molar-refractivity contribution in [2.45, 2.75) is 251 Å². The molecular weight excluding hydrogens is 1530 g/mol. The summed E-state index contributed by atoms with van der Waals surface area (Å²) in [5, 5.41) is 37.1. The van der Waals surface area contributed by atoms with Crippen LogP contribution in [0.2, 0.25) is 0 Å². The molecule has 6 heterocycles. The number of rotatable bonds is 20. The van der Waals surface area contributed by atoms with Crippen LogP contribution in [0.3, 0.4) is 0 Å². The summed E-state index contributed by atoms with van der Waals surface area (Å²) in [6.45, 7) is 27.4. The molecular formula is C96H126N4O20. The lowest BCUT2D eigenvalue weighted by atomic mass is 9.76. The maximum atomic E-state index is 14.6. The number of allylic oxidation sites excluding steroid dienone is 2. The van der Waals surface area contributed by atoms with E-state index < -0.39 is 143 Å². The number of hydrogen-bond donors (Lipinski definition) is 3. The predicted molar refractivity (Wildman–Crippen MR) is 459 cm³/mol. The van der Waals surface area contributed by atoms with Crippen molar-refractivity contribution in [1.82, 2.24) is 19.8 Å². The van der Waals surface area contributed by atoms with Crippen molar-refractivity contribution in [2.75, 3.05) is 41.4 Å². The highest BCUT2D eigenvalue weighted by Gasteiger charge is 2.54. The normalized spacial score (nSPS) is 33.9. The number of aromatic nitrogens is 2. The van der Waals surface area contributed by atoms with Crippen molar-refractivity contribution in [2.24, 2.45) is 35.5 Å². The van der Waals surface area contributed by atoms with Gasteiger partial charge in [-0.1, -0.05) is 139 Å². The number of fused-ring (bicyclic) bond motifs is 2. The fourth-order valence-corrected chi connectivity index (χ4v) is 17.2. The second-order valence-electron chi connectivity index (χ2n) is 34.5. The summed E-state index contributed by atoms with van der Waals surface area (Å²) in [5.41, 5.74) is -1.34. The molecule has 2 saturated heterocycles. The van der Waals surface area contributed by atoms with Crippen LogP contribution in [0, 0.1) is 35.5 Å².